The topological polar surface area (TPSA) is 20.2 Å². The summed E-state index contributed by atoms with van der Waals surface area (Å²) in [4.78, 5) is 0. The van der Waals surface area contributed by atoms with Gasteiger partial charge < -0.3 is 5.11 Å². The van der Waals surface area contributed by atoms with Crippen LogP contribution < -0.4 is 0 Å². The number of hydrogen-bond donors (Lipinski definition) is 1. The lowest BCUT2D eigenvalue weighted by Gasteiger charge is -2.20. The Bertz CT molecular complexity index is 379. The first kappa shape index (κ1) is 14.6. The molecule has 1 nitrogen and oxygen atoms in total. The Hall–Kier alpha value is -0.820. The van der Waals surface area contributed by atoms with Crippen molar-refractivity contribution in [3.8, 4) is 0 Å². The minimum absolute atomic E-state index is 0.0928. The van der Waals surface area contributed by atoms with Gasteiger partial charge in [-0.2, -0.15) is 0 Å². The van der Waals surface area contributed by atoms with Crippen molar-refractivity contribution in [3.63, 3.8) is 0 Å². The largest absolute Gasteiger partial charge is 0.393 e. The molecule has 1 unspecified atom stereocenters. The molecule has 106 valence electrons. The highest BCUT2D eigenvalue weighted by Gasteiger charge is 2.22. The fraction of sp³-hybridized carbons (Fsp3) is 0.667. The van der Waals surface area contributed by atoms with Gasteiger partial charge in [0.1, 0.15) is 0 Å². The van der Waals surface area contributed by atoms with E-state index in [1.165, 1.54) is 36.8 Å². The fourth-order valence-electron chi connectivity index (χ4n) is 3.06. The summed E-state index contributed by atoms with van der Waals surface area (Å²) in [5.41, 5.74) is 2.96. The molecule has 0 bridgehead atoms. The van der Waals surface area contributed by atoms with Crippen molar-refractivity contribution in [3.05, 3.63) is 35.4 Å². The summed E-state index contributed by atoms with van der Waals surface area (Å²) in [7, 11) is 0. The van der Waals surface area contributed by atoms with Gasteiger partial charge in [0.25, 0.3) is 0 Å². The molecule has 0 heterocycles. The minimum atomic E-state index is -0.0928. The van der Waals surface area contributed by atoms with Crippen molar-refractivity contribution in [2.45, 2.75) is 70.8 Å². The molecule has 1 N–H and O–H groups in total. The van der Waals surface area contributed by atoms with Crippen LogP contribution in [0.1, 0.15) is 64.0 Å². The molecule has 1 heteroatoms. The van der Waals surface area contributed by atoms with E-state index in [1.54, 1.807) is 0 Å². The molecule has 1 aromatic carbocycles. The highest BCUT2D eigenvalue weighted by Crippen LogP contribution is 2.29. The van der Waals surface area contributed by atoms with Gasteiger partial charge in [-0.3, -0.25) is 0 Å². The van der Waals surface area contributed by atoms with E-state index >= 15 is 0 Å². The third-order valence-corrected chi connectivity index (χ3v) is 4.49. The van der Waals surface area contributed by atoms with Crippen molar-refractivity contribution in [1.29, 1.82) is 0 Å². The van der Waals surface area contributed by atoms with Crippen LogP contribution in [0.3, 0.4) is 0 Å². The highest BCUT2D eigenvalue weighted by atomic mass is 16.3. The molecule has 0 amide bonds. The second-order valence-electron chi connectivity index (χ2n) is 7.10. The van der Waals surface area contributed by atoms with Gasteiger partial charge in [-0.05, 0) is 48.1 Å². The molecule has 1 aliphatic carbocycles. The van der Waals surface area contributed by atoms with E-state index in [-0.39, 0.29) is 11.5 Å². The number of aryl methyl sites for hydroxylation is 1. The van der Waals surface area contributed by atoms with E-state index in [2.05, 4.69) is 45.0 Å². The second-order valence-corrected chi connectivity index (χ2v) is 7.10. The molecule has 0 aliphatic heterocycles. The average molecular weight is 260 g/mol. The van der Waals surface area contributed by atoms with Crippen LogP contribution in [0.15, 0.2) is 24.3 Å². The summed E-state index contributed by atoms with van der Waals surface area (Å²) in [6.45, 7) is 6.73. The number of hydrogen-bond acceptors (Lipinski definition) is 1. The maximum absolute atomic E-state index is 10.2. The van der Waals surface area contributed by atoms with Gasteiger partial charge >= 0.3 is 0 Å². The van der Waals surface area contributed by atoms with Gasteiger partial charge in [-0.25, -0.2) is 0 Å². The molecule has 1 aliphatic rings. The molecule has 1 aromatic rings. The van der Waals surface area contributed by atoms with Crippen molar-refractivity contribution < 1.29 is 5.11 Å². The van der Waals surface area contributed by atoms with E-state index in [4.69, 9.17) is 0 Å². The lowest BCUT2D eigenvalue weighted by atomic mass is 9.86. The standard InChI is InChI=1S/C18H28O/c1-18(2,3)16-11-8-14(9-12-16)10-13-17(19)15-6-4-5-7-15/h8-9,11-12,15,17,19H,4-7,10,13H2,1-3H3. The first-order valence-corrected chi connectivity index (χ1v) is 7.74. The molecule has 1 saturated carbocycles. The smallest absolute Gasteiger partial charge is 0.0571 e. The Balaban J connectivity index is 1.86. The Labute approximate surface area is 118 Å². The normalized spacial score (nSPS) is 18.7. The molecule has 1 fully saturated rings. The number of benzene rings is 1. The molecule has 2 rings (SSSR count). The van der Waals surface area contributed by atoms with E-state index in [1.807, 2.05) is 0 Å². The zero-order valence-electron chi connectivity index (χ0n) is 12.7. The van der Waals surface area contributed by atoms with E-state index in [0.29, 0.717) is 5.92 Å². The van der Waals surface area contributed by atoms with Gasteiger partial charge in [0.15, 0.2) is 0 Å². The maximum atomic E-state index is 10.2. The molecule has 0 radical (unpaired) electrons. The highest BCUT2D eigenvalue weighted by molar-refractivity contribution is 5.27. The molecule has 0 saturated heterocycles. The van der Waals surface area contributed by atoms with Crippen LogP contribution >= 0.6 is 0 Å². The van der Waals surface area contributed by atoms with Crippen LogP contribution in [0, 0.1) is 5.92 Å². The monoisotopic (exact) mass is 260 g/mol. The molecular weight excluding hydrogens is 232 g/mol. The summed E-state index contributed by atoms with van der Waals surface area (Å²) < 4.78 is 0. The van der Waals surface area contributed by atoms with Crippen molar-refractivity contribution >= 4 is 0 Å². The lowest BCUT2D eigenvalue weighted by molar-refractivity contribution is 0.102. The first-order chi connectivity index (χ1) is 8.97. The zero-order chi connectivity index (χ0) is 13.9. The Morgan fingerprint density at radius 3 is 2.21 bits per heavy atom. The van der Waals surface area contributed by atoms with Crippen LogP contribution in [-0.4, -0.2) is 11.2 Å². The number of rotatable bonds is 4. The van der Waals surface area contributed by atoms with Crippen LogP contribution in [0.2, 0.25) is 0 Å². The van der Waals surface area contributed by atoms with Crippen LogP contribution in [-0.2, 0) is 11.8 Å². The second kappa shape index (κ2) is 6.09. The SMILES string of the molecule is CC(C)(C)c1ccc(CCC(O)C2CCCC2)cc1. The van der Waals surface area contributed by atoms with Gasteiger partial charge in [0, 0.05) is 0 Å². The van der Waals surface area contributed by atoms with Gasteiger partial charge in [-0.1, -0.05) is 57.9 Å². The van der Waals surface area contributed by atoms with Gasteiger partial charge in [-0.15, -0.1) is 0 Å². The van der Waals surface area contributed by atoms with Crippen molar-refractivity contribution in [2.24, 2.45) is 5.92 Å². The Kier molecular flexibility index (Phi) is 4.67. The average Bonchev–Trinajstić information content (AvgIpc) is 2.89. The van der Waals surface area contributed by atoms with Gasteiger partial charge in [0.05, 0.1) is 6.10 Å². The summed E-state index contributed by atoms with van der Waals surface area (Å²) in [5, 5.41) is 10.2. The summed E-state index contributed by atoms with van der Waals surface area (Å²) >= 11 is 0. The molecule has 0 spiro atoms. The summed E-state index contributed by atoms with van der Waals surface area (Å²) in [6.07, 6.45) is 6.89. The van der Waals surface area contributed by atoms with E-state index in [9.17, 15) is 5.11 Å². The fourth-order valence-corrected chi connectivity index (χ4v) is 3.06. The van der Waals surface area contributed by atoms with E-state index < -0.39 is 0 Å². The van der Waals surface area contributed by atoms with Crippen LogP contribution in [0.4, 0.5) is 0 Å². The summed E-state index contributed by atoms with van der Waals surface area (Å²) in [5.74, 6) is 0.564. The molecule has 1 atom stereocenters. The zero-order valence-corrected chi connectivity index (χ0v) is 12.7. The lowest BCUT2D eigenvalue weighted by Crippen LogP contribution is -2.18. The Morgan fingerprint density at radius 2 is 1.68 bits per heavy atom. The molecule has 19 heavy (non-hydrogen) atoms. The molecule has 0 aromatic heterocycles. The van der Waals surface area contributed by atoms with Crippen molar-refractivity contribution in [2.75, 3.05) is 0 Å². The third kappa shape index (κ3) is 4.07. The predicted molar refractivity (Wildman–Crippen MR) is 81.4 cm³/mol. The quantitative estimate of drug-likeness (QED) is 0.847. The van der Waals surface area contributed by atoms with Gasteiger partial charge in [0.2, 0.25) is 0 Å². The molecular formula is C18H28O. The van der Waals surface area contributed by atoms with Crippen LogP contribution in [0.25, 0.3) is 0 Å². The number of aliphatic hydroxyl groups is 1. The van der Waals surface area contributed by atoms with Crippen LogP contribution in [0.5, 0.6) is 0 Å². The summed E-state index contributed by atoms with van der Waals surface area (Å²) in [6, 6.07) is 8.92. The van der Waals surface area contributed by atoms with Crippen molar-refractivity contribution in [1.82, 2.24) is 0 Å². The predicted octanol–water partition coefficient (Wildman–Crippen LogP) is 4.47. The minimum Gasteiger partial charge on any atom is -0.393 e. The first-order valence-electron chi connectivity index (χ1n) is 7.74. The maximum Gasteiger partial charge on any atom is 0.0571 e. The number of aliphatic hydroxyl groups excluding tert-OH is 1. The Morgan fingerprint density at radius 1 is 1.11 bits per heavy atom. The third-order valence-electron chi connectivity index (χ3n) is 4.49. The van der Waals surface area contributed by atoms with E-state index in [0.717, 1.165) is 12.8 Å².